The molecule has 0 spiro atoms. The molecule has 0 amide bonds. The van der Waals surface area contributed by atoms with Crippen LogP contribution in [0.4, 0.5) is 26.3 Å². The third-order valence-electron chi connectivity index (χ3n) is 18.8. The van der Waals surface area contributed by atoms with Gasteiger partial charge in [-0.15, -0.1) is 26.3 Å². The summed E-state index contributed by atoms with van der Waals surface area (Å²) in [7, 11) is 0.105. The normalized spacial score (nSPS) is 22.5. The van der Waals surface area contributed by atoms with Crippen LogP contribution in [0.25, 0.3) is 44.1 Å². The zero-order valence-electron chi connectivity index (χ0n) is 51.4. The van der Waals surface area contributed by atoms with Crippen LogP contribution in [0, 0.1) is 23.7 Å². The summed E-state index contributed by atoms with van der Waals surface area (Å²) in [5.74, 6) is 1.11. The number of nitrogens with one attached hydrogen (secondary N) is 1. The monoisotopic (exact) mass is 1380 g/mol. The quantitative estimate of drug-likeness (QED) is 0.0460. The van der Waals surface area contributed by atoms with E-state index in [0.29, 0.717) is 68.8 Å². The Balaban J connectivity index is 0.000000153. The topological polar surface area (TPSA) is 248 Å². The summed E-state index contributed by atoms with van der Waals surface area (Å²) < 4.78 is 174. The van der Waals surface area contributed by atoms with Gasteiger partial charge in [0.1, 0.15) is 34.4 Å². The van der Waals surface area contributed by atoms with E-state index < -0.39 is 43.7 Å². The standard InChI is InChI=1S/C34H33F3N2O7S.C22H25F3N2O3.C12H9ClO4S/c1-43-33(40)25-9-4-8-24-23(25)7-5-11-29(24)47(41,42)39-30-20-14-15-21(30)17-22(16-20)44-18-27-31(38-46-32(27)19-12-13-19)26-6-2-3-10-28(26)45-34(35,36)37;23-22(24,25)29-18-4-2-1-3-16(18)20-17(21(30-27-20)12-5-6-12)11-28-15-9-13-7-8-14(10-15)19(13)26;1-17-12(14)10-6-2-5-9-8(10)4-3-7-11(9)18(13,15)16/h2-11,19-22,30,39H,12-18H2,1H3;1-4,12-15,19H,5-11,26H2;2-7H,1H3. The lowest BCUT2D eigenvalue weighted by atomic mass is 9.83. The minimum absolute atomic E-state index is 0.0209. The maximum Gasteiger partial charge on any atom is 0.573 e. The van der Waals surface area contributed by atoms with Crippen LogP contribution in [0.1, 0.15) is 132 Å². The number of methoxy groups -OCH3 is 2. The number of alkyl halides is 6. The number of rotatable bonds is 18. The minimum atomic E-state index is -4.87. The van der Waals surface area contributed by atoms with Gasteiger partial charge in [0.15, 0.2) is 0 Å². The molecule has 4 atom stereocenters. The number of halogens is 7. The molecule has 14 rings (SSSR count). The van der Waals surface area contributed by atoms with Crippen LogP contribution in [0.15, 0.2) is 140 Å². The van der Waals surface area contributed by atoms with Crippen LogP contribution in [0.2, 0.25) is 0 Å². The van der Waals surface area contributed by atoms with E-state index in [9.17, 15) is 52.8 Å². The van der Waals surface area contributed by atoms with Crippen molar-refractivity contribution in [1.29, 1.82) is 0 Å². The fourth-order valence-electron chi connectivity index (χ4n) is 14.1. The van der Waals surface area contributed by atoms with E-state index in [-0.39, 0.29) is 105 Å². The molecular formula is C68H67ClF6N4O14S2. The number of sulfonamides is 1. The van der Waals surface area contributed by atoms with E-state index in [1.54, 1.807) is 72.8 Å². The first-order valence-electron chi connectivity index (χ1n) is 31.2. The molecule has 6 fully saturated rings. The summed E-state index contributed by atoms with van der Waals surface area (Å²) in [5.41, 5.74) is 9.29. The molecular weight excluding hydrogens is 1310 g/mol. The molecule has 2 aromatic heterocycles. The van der Waals surface area contributed by atoms with E-state index in [1.807, 2.05) is 0 Å². The molecule has 95 heavy (non-hydrogen) atoms. The lowest BCUT2D eigenvalue weighted by Gasteiger charge is -2.35. The number of hydrogen-bond acceptors (Lipinski definition) is 17. The summed E-state index contributed by atoms with van der Waals surface area (Å²) in [6, 6.07) is 30.9. The molecule has 0 saturated heterocycles. The molecule has 27 heteroatoms. The van der Waals surface area contributed by atoms with Gasteiger partial charge in [0, 0.05) is 67.6 Å². The van der Waals surface area contributed by atoms with Crippen LogP contribution >= 0.6 is 10.7 Å². The summed E-state index contributed by atoms with van der Waals surface area (Å²) >= 11 is 0. The van der Waals surface area contributed by atoms with Crippen molar-refractivity contribution in [3.05, 3.63) is 155 Å². The number of benzene rings is 6. The van der Waals surface area contributed by atoms with Crippen molar-refractivity contribution in [2.24, 2.45) is 29.4 Å². The number of aromatic nitrogens is 2. The molecule has 8 aromatic rings. The molecule has 4 unspecified atom stereocenters. The minimum Gasteiger partial charge on any atom is -0.465 e. The molecule has 6 aliphatic carbocycles. The first-order valence-corrected chi connectivity index (χ1v) is 35.0. The van der Waals surface area contributed by atoms with Gasteiger partial charge in [-0.25, -0.2) is 31.1 Å². The number of hydrogen-bond donors (Lipinski definition) is 2. The van der Waals surface area contributed by atoms with Gasteiger partial charge in [0.2, 0.25) is 10.0 Å². The van der Waals surface area contributed by atoms with Crippen LogP contribution < -0.4 is 19.9 Å². The number of fused-ring (bicyclic) bond motifs is 6. The molecule has 6 aromatic carbocycles. The Bertz CT molecular complexity index is 4360. The number of nitrogens with two attached hydrogens (primary N) is 1. The average Bonchev–Trinajstić information content (AvgIpc) is 1.71. The molecule has 3 N–H and O–H groups in total. The Kier molecular flexibility index (Phi) is 19.5. The van der Waals surface area contributed by atoms with E-state index in [0.717, 1.165) is 75.5 Å². The van der Waals surface area contributed by atoms with E-state index in [4.69, 9.17) is 39.7 Å². The van der Waals surface area contributed by atoms with Gasteiger partial charge in [-0.05, 0) is 160 Å². The molecule has 4 bridgehead atoms. The van der Waals surface area contributed by atoms with E-state index in [1.165, 1.54) is 62.8 Å². The second kappa shape index (κ2) is 27.5. The molecule has 18 nitrogen and oxygen atoms in total. The Labute approximate surface area is 547 Å². The highest BCUT2D eigenvalue weighted by Crippen LogP contribution is 2.50. The van der Waals surface area contributed by atoms with Gasteiger partial charge in [-0.2, -0.15) is 0 Å². The number of esters is 2. The number of carbonyl (C=O) groups is 2. The Morgan fingerprint density at radius 1 is 0.537 bits per heavy atom. The van der Waals surface area contributed by atoms with Gasteiger partial charge in [-0.3, -0.25) is 0 Å². The second-order valence-electron chi connectivity index (χ2n) is 24.8. The van der Waals surface area contributed by atoms with Crippen molar-refractivity contribution >= 4 is 63.2 Å². The number of para-hydroxylation sites is 2. The first kappa shape index (κ1) is 67.4. The van der Waals surface area contributed by atoms with Gasteiger partial charge in [0.05, 0.1) is 60.6 Å². The third kappa shape index (κ3) is 15.2. The summed E-state index contributed by atoms with van der Waals surface area (Å²) in [6.45, 7) is 0.369. The van der Waals surface area contributed by atoms with Crippen molar-refractivity contribution in [2.75, 3.05) is 14.2 Å². The average molecular weight is 1380 g/mol. The van der Waals surface area contributed by atoms with Crippen LogP contribution in [-0.2, 0) is 51.2 Å². The predicted molar refractivity (Wildman–Crippen MR) is 335 cm³/mol. The largest absolute Gasteiger partial charge is 0.573 e. The highest BCUT2D eigenvalue weighted by Gasteiger charge is 2.47. The van der Waals surface area contributed by atoms with Crippen LogP contribution in [0.5, 0.6) is 11.5 Å². The number of ether oxygens (including phenoxy) is 6. The Morgan fingerprint density at radius 3 is 1.35 bits per heavy atom. The SMILES string of the molecule is COC(=O)c1cccc2c(S(=O)(=O)Cl)cccc12.COC(=O)c1cccc2c(S(=O)(=O)NC3C4CCC3CC(OCc3c(-c5ccccc5OC(F)(F)F)noc3C3CC3)C4)cccc12.NC1C2CCC1CC(OCc1c(-c3ccccc3OC(F)(F)F)noc1C1CC1)C2. The lowest BCUT2D eigenvalue weighted by Crippen LogP contribution is -2.46. The highest BCUT2D eigenvalue weighted by molar-refractivity contribution is 8.14. The summed E-state index contributed by atoms with van der Waals surface area (Å²) in [5, 5.41) is 10.1. The first-order chi connectivity index (χ1) is 45.4. The van der Waals surface area contributed by atoms with Crippen LogP contribution in [-0.4, -0.2) is 90.3 Å². The Hall–Kier alpha value is -7.59. The number of carbonyl (C=O) groups excluding carboxylic acids is 2. The molecule has 504 valence electrons. The zero-order valence-corrected chi connectivity index (χ0v) is 53.8. The van der Waals surface area contributed by atoms with Crippen LogP contribution in [0.3, 0.4) is 0 Å². The molecule has 6 aliphatic rings. The number of nitrogens with zero attached hydrogens (tertiary/aromatic N) is 2. The molecule has 0 aliphatic heterocycles. The van der Waals surface area contributed by atoms with Crippen molar-refractivity contribution in [3.8, 4) is 34.0 Å². The second-order valence-corrected chi connectivity index (χ2v) is 29.1. The third-order valence-corrected chi connectivity index (χ3v) is 21.7. The van der Waals surface area contributed by atoms with Crippen molar-refractivity contribution in [3.63, 3.8) is 0 Å². The highest BCUT2D eigenvalue weighted by atomic mass is 35.7. The maximum absolute atomic E-state index is 13.8. The van der Waals surface area contributed by atoms with Gasteiger partial charge in [0.25, 0.3) is 9.05 Å². The molecule has 0 radical (unpaired) electrons. The van der Waals surface area contributed by atoms with Crippen molar-refractivity contribution in [2.45, 2.75) is 149 Å². The van der Waals surface area contributed by atoms with E-state index in [2.05, 4.69) is 29.2 Å². The molecule has 6 saturated carbocycles. The summed E-state index contributed by atoms with van der Waals surface area (Å²) in [6.07, 6.45) is 1.18. The van der Waals surface area contributed by atoms with Crippen molar-refractivity contribution < 1.29 is 90.2 Å². The summed E-state index contributed by atoms with van der Waals surface area (Å²) in [4.78, 5) is 24.0. The van der Waals surface area contributed by atoms with E-state index >= 15 is 0 Å². The van der Waals surface area contributed by atoms with Crippen molar-refractivity contribution in [1.82, 2.24) is 15.0 Å². The predicted octanol–water partition coefficient (Wildman–Crippen LogP) is 14.8. The molecule has 2 heterocycles. The fraction of sp³-hybridized carbons (Fsp3) is 0.412. The van der Waals surface area contributed by atoms with Gasteiger partial charge < -0.3 is 43.2 Å². The zero-order chi connectivity index (χ0) is 67.1. The smallest absolute Gasteiger partial charge is 0.465 e. The lowest BCUT2D eigenvalue weighted by molar-refractivity contribution is -0.275. The maximum atomic E-state index is 13.8. The van der Waals surface area contributed by atoms with Gasteiger partial charge >= 0.3 is 24.7 Å². The van der Waals surface area contributed by atoms with Gasteiger partial charge in [-0.1, -0.05) is 83.1 Å². The Morgan fingerprint density at radius 2 is 0.926 bits per heavy atom. The fourth-order valence-corrected chi connectivity index (χ4v) is 16.8.